The summed E-state index contributed by atoms with van der Waals surface area (Å²) in [4.78, 5) is 0. The third kappa shape index (κ3) is 2.16. The van der Waals surface area contributed by atoms with Crippen molar-refractivity contribution in [3.8, 4) is 0 Å². The van der Waals surface area contributed by atoms with Gasteiger partial charge in [0.1, 0.15) is 0 Å². The molecule has 0 aromatic rings. The SMILES string of the molecule is COCC(O)C1CCC2C3CC[C@@]45CC6(CC[C@@]4(C5)C3=CCC12C)OCCO6. The summed E-state index contributed by atoms with van der Waals surface area (Å²) in [5.74, 6) is 1.62. The molecule has 7 atom stereocenters. The van der Waals surface area contributed by atoms with Crippen LogP contribution < -0.4 is 0 Å². The monoisotopic (exact) mass is 388 g/mol. The number of aliphatic hydroxyl groups is 1. The molecule has 5 aliphatic carbocycles. The largest absolute Gasteiger partial charge is 0.390 e. The zero-order valence-corrected chi connectivity index (χ0v) is 17.5. The first kappa shape index (κ1) is 18.4. The number of aliphatic hydroxyl groups excluding tert-OH is 1. The second-order valence-corrected chi connectivity index (χ2v) is 11.2. The normalized spacial score (nSPS) is 51.7. The van der Waals surface area contributed by atoms with Gasteiger partial charge >= 0.3 is 0 Å². The number of methoxy groups -OCH3 is 1. The predicted octanol–water partition coefficient (Wildman–Crippen LogP) is 4.07. The molecule has 1 aliphatic heterocycles. The molecule has 28 heavy (non-hydrogen) atoms. The van der Waals surface area contributed by atoms with Crippen LogP contribution in [0, 0.1) is 34.0 Å². The number of ether oxygens (including phenoxy) is 3. The quantitative estimate of drug-likeness (QED) is 0.741. The Morgan fingerprint density at radius 1 is 1.14 bits per heavy atom. The molecule has 0 aromatic carbocycles. The molecule has 0 radical (unpaired) electrons. The van der Waals surface area contributed by atoms with E-state index in [9.17, 15) is 5.11 Å². The predicted molar refractivity (Wildman–Crippen MR) is 106 cm³/mol. The van der Waals surface area contributed by atoms with E-state index in [1.165, 1.54) is 32.1 Å². The van der Waals surface area contributed by atoms with E-state index in [0.717, 1.165) is 50.7 Å². The van der Waals surface area contributed by atoms with Gasteiger partial charge in [-0.2, -0.15) is 0 Å². The van der Waals surface area contributed by atoms with E-state index in [2.05, 4.69) is 13.0 Å². The van der Waals surface area contributed by atoms with Gasteiger partial charge < -0.3 is 19.3 Å². The van der Waals surface area contributed by atoms with Crippen molar-refractivity contribution < 1.29 is 19.3 Å². The van der Waals surface area contributed by atoms with Crippen molar-refractivity contribution in [3.05, 3.63) is 11.6 Å². The Labute approximate surface area is 169 Å². The van der Waals surface area contributed by atoms with Gasteiger partial charge in [-0.05, 0) is 78.9 Å². The first-order chi connectivity index (χ1) is 13.5. The molecule has 6 aliphatic rings. The lowest BCUT2D eigenvalue weighted by atomic mass is 9.53. The molecule has 4 nitrogen and oxygen atoms in total. The second kappa shape index (κ2) is 5.84. The molecular weight excluding hydrogens is 352 g/mol. The Balaban J connectivity index is 1.29. The van der Waals surface area contributed by atoms with E-state index in [1.807, 2.05) is 5.57 Å². The van der Waals surface area contributed by atoms with Crippen LogP contribution in [-0.4, -0.2) is 43.9 Å². The van der Waals surface area contributed by atoms with E-state index in [4.69, 9.17) is 14.2 Å². The molecule has 1 N–H and O–H groups in total. The molecule has 4 saturated carbocycles. The highest BCUT2D eigenvalue weighted by molar-refractivity contribution is 5.40. The minimum Gasteiger partial charge on any atom is -0.390 e. The molecule has 6 rings (SSSR count). The average Bonchev–Trinajstić information content (AvgIpc) is 2.93. The Bertz CT molecular complexity index is 697. The smallest absolute Gasteiger partial charge is 0.169 e. The van der Waals surface area contributed by atoms with E-state index < -0.39 is 0 Å². The fourth-order valence-electron chi connectivity index (χ4n) is 9.05. The van der Waals surface area contributed by atoms with Gasteiger partial charge in [0.25, 0.3) is 0 Å². The summed E-state index contributed by atoms with van der Waals surface area (Å²) in [7, 11) is 1.71. The van der Waals surface area contributed by atoms with Crippen LogP contribution in [0.1, 0.15) is 64.7 Å². The fourth-order valence-corrected chi connectivity index (χ4v) is 9.05. The van der Waals surface area contributed by atoms with Crippen molar-refractivity contribution in [2.75, 3.05) is 26.9 Å². The number of hydrogen-bond donors (Lipinski definition) is 1. The molecule has 1 spiro atoms. The Morgan fingerprint density at radius 2 is 1.96 bits per heavy atom. The van der Waals surface area contributed by atoms with Crippen LogP contribution in [-0.2, 0) is 14.2 Å². The number of rotatable bonds is 3. The third-order valence-electron chi connectivity index (χ3n) is 10.3. The maximum Gasteiger partial charge on any atom is 0.169 e. The third-order valence-corrected chi connectivity index (χ3v) is 10.3. The van der Waals surface area contributed by atoms with Gasteiger partial charge in [0.05, 0.1) is 25.9 Å². The summed E-state index contributed by atoms with van der Waals surface area (Å²) >= 11 is 0. The van der Waals surface area contributed by atoms with Crippen LogP contribution >= 0.6 is 0 Å². The van der Waals surface area contributed by atoms with Crippen LogP contribution in [0.3, 0.4) is 0 Å². The van der Waals surface area contributed by atoms with Crippen molar-refractivity contribution >= 4 is 0 Å². The van der Waals surface area contributed by atoms with E-state index in [0.29, 0.717) is 23.4 Å². The van der Waals surface area contributed by atoms with Gasteiger partial charge in [-0.1, -0.05) is 18.6 Å². The molecule has 1 heterocycles. The number of allylic oxidation sites excluding steroid dienone is 2. The number of hydrogen-bond acceptors (Lipinski definition) is 4. The van der Waals surface area contributed by atoms with Crippen LogP contribution in [0.25, 0.3) is 0 Å². The van der Waals surface area contributed by atoms with Crippen molar-refractivity contribution in [2.45, 2.75) is 76.6 Å². The van der Waals surface area contributed by atoms with Gasteiger partial charge in [-0.3, -0.25) is 0 Å². The van der Waals surface area contributed by atoms with Gasteiger partial charge in [-0.25, -0.2) is 0 Å². The molecular formula is C24H36O4. The lowest BCUT2D eigenvalue weighted by molar-refractivity contribution is -0.197. The standard InChI is InChI=1S/C24H36O4/c1-21-7-6-18-16(17(21)3-4-19(21)20(25)13-26-2)5-8-22-14-23(18,22)9-10-24(15-22)27-11-12-28-24/h6,16-17,19-20,25H,3-5,7-15H2,1-2H3/t16?,17?,19?,20?,21?,22-,23-/m1/s1. The number of fused-ring (bicyclic) bond motifs is 3. The zero-order chi connectivity index (χ0) is 19.2. The summed E-state index contributed by atoms with van der Waals surface area (Å²) in [5.41, 5.74) is 2.97. The maximum absolute atomic E-state index is 10.7. The van der Waals surface area contributed by atoms with Gasteiger partial charge in [0, 0.05) is 20.0 Å². The van der Waals surface area contributed by atoms with Crippen LogP contribution in [0.4, 0.5) is 0 Å². The topological polar surface area (TPSA) is 47.9 Å². The van der Waals surface area contributed by atoms with Gasteiger partial charge in [-0.15, -0.1) is 0 Å². The Hall–Kier alpha value is -0.420. The van der Waals surface area contributed by atoms with Crippen molar-refractivity contribution in [1.29, 1.82) is 0 Å². The lowest BCUT2D eigenvalue weighted by Crippen LogP contribution is -2.48. The summed E-state index contributed by atoms with van der Waals surface area (Å²) in [6.07, 6.45) is 13.4. The van der Waals surface area contributed by atoms with Crippen LogP contribution in [0.2, 0.25) is 0 Å². The zero-order valence-electron chi connectivity index (χ0n) is 17.5. The second-order valence-electron chi connectivity index (χ2n) is 11.2. The fraction of sp³-hybridized carbons (Fsp3) is 0.917. The van der Waals surface area contributed by atoms with Crippen molar-refractivity contribution in [1.82, 2.24) is 0 Å². The van der Waals surface area contributed by atoms with E-state index in [1.54, 1.807) is 7.11 Å². The summed E-state index contributed by atoms with van der Waals surface area (Å²) in [5, 5.41) is 10.7. The minimum atomic E-state index is -0.317. The van der Waals surface area contributed by atoms with Crippen molar-refractivity contribution in [2.24, 2.45) is 34.0 Å². The molecule has 0 bridgehead atoms. The molecule has 1 saturated heterocycles. The van der Waals surface area contributed by atoms with Crippen LogP contribution in [0.15, 0.2) is 11.6 Å². The summed E-state index contributed by atoms with van der Waals surface area (Å²) in [6, 6.07) is 0. The Kier molecular flexibility index (Phi) is 3.83. The van der Waals surface area contributed by atoms with E-state index in [-0.39, 0.29) is 17.3 Å². The minimum absolute atomic E-state index is 0.241. The molecule has 0 amide bonds. The highest BCUT2D eigenvalue weighted by Gasteiger charge is 2.76. The summed E-state index contributed by atoms with van der Waals surface area (Å²) in [6.45, 7) is 4.49. The first-order valence-corrected chi connectivity index (χ1v) is 11.6. The Morgan fingerprint density at radius 3 is 2.75 bits per heavy atom. The molecule has 5 fully saturated rings. The highest BCUT2D eigenvalue weighted by Crippen LogP contribution is 2.83. The highest BCUT2D eigenvalue weighted by atomic mass is 16.7. The van der Waals surface area contributed by atoms with Gasteiger partial charge in [0.15, 0.2) is 5.79 Å². The first-order valence-electron chi connectivity index (χ1n) is 11.6. The lowest BCUT2D eigenvalue weighted by Gasteiger charge is -2.53. The van der Waals surface area contributed by atoms with Crippen LogP contribution in [0.5, 0.6) is 0 Å². The average molecular weight is 389 g/mol. The molecule has 0 aromatic heterocycles. The molecule has 5 unspecified atom stereocenters. The summed E-state index contributed by atoms with van der Waals surface area (Å²) < 4.78 is 17.5. The molecule has 156 valence electrons. The van der Waals surface area contributed by atoms with Gasteiger partial charge in [0.2, 0.25) is 0 Å². The van der Waals surface area contributed by atoms with Crippen molar-refractivity contribution in [3.63, 3.8) is 0 Å². The maximum atomic E-state index is 10.7. The molecule has 4 heteroatoms. The van der Waals surface area contributed by atoms with E-state index >= 15 is 0 Å².